The minimum atomic E-state index is -1.16. The van der Waals surface area contributed by atoms with Gasteiger partial charge in [-0.1, -0.05) is 39.3 Å². The standard InChI is InChI=1S/C30H46O6/c1-17-9-14-30(24(34)35)16-15-26(3)18(22(30)29(17,6)36)7-8-19-25(2)12-11-21(31)28(5,23(32)33)20(25)10-13-27(19,26)4/h7,17,19-22,31,36H,8-16H2,1-6H3,(H,32,33)(H,34,35)/t17-,19+,20-,21+,22-,25-,26-,27+,28+,29+,30+/m1/s1. The maximum absolute atomic E-state index is 12.8. The van der Waals surface area contributed by atoms with Gasteiger partial charge < -0.3 is 20.4 Å². The predicted molar refractivity (Wildman–Crippen MR) is 136 cm³/mol. The van der Waals surface area contributed by atoms with Gasteiger partial charge in [-0.05, 0) is 106 Å². The van der Waals surface area contributed by atoms with E-state index in [4.69, 9.17) is 0 Å². The molecule has 6 nitrogen and oxygen atoms in total. The summed E-state index contributed by atoms with van der Waals surface area (Å²) in [7, 11) is 0. The topological polar surface area (TPSA) is 115 Å². The average Bonchev–Trinajstić information content (AvgIpc) is 2.79. The van der Waals surface area contributed by atoms with Crippen LogP contribution in [0.5, 0.6) is 0 Å². The van der Waals surface area contributed by atoms with Gasteiger partial charge in [-0.3, -0.25) is 9.59 Å². The van der Waals surface area contributed by atoms with Crippen LogP contribution in [-0.4, -0.2) is 44.1 Å². The number of carboxylic acid groups (broad SMARTS) is 2. The molecule has 0 aromatic heterocycles. The average molecular weight is 503 g/mol. The van der Waals surface area contributed by atoms with Crippen molar-refractivity contribution < 1.29 is 30.0 Å². The van der Waals surface area contributed by atoms with Crippen LogP contribution < -0.4 is 0 Å². The monoisotopic (exact) mass is 502 g/mol. The number of hydrogen-bond acceptors (Lipinski definition) is 4. The zero-order chi connectivity index (χ0) is 26.7. The van der Waals surface area contributed by atoms with Crippen molar-refractivity contribution in [3.05, 3.63) is 11.6 Å². The van der Waals surface area contributed by atoms with E-state index in [1.165, 1.54) is 0 Å². The zero-order valence-corrected chi connectivity index (χ0v) is 22.9. The molecule has 202 valence electrons. The summed E-state index contributed by atoms with van der Waals surface area (Å²) in [6.45, 7) is 12.6. The van der Waals surface area contributed by atoms with E-state index < -0.39 is 40.4 Å². The minimum Gasteiger partial charge on any atom is -0.481 e. The number of aliphatic hydroxyl groups excluding tert-OH is 1. The molecule has 36 heavy (non-hydrogen) atoms. The molecule has 4 saturated carbocycles. The Morgan fingerprint density at radius 3 is 2.14 bits per heavy atom. The van der Waals surface area contributed by atoms with E-state index >= 15 is 0 Å². The fraction of sp³-hybridized carbons (Fsp3) is 0.867. The second kappa shape index (κ2) is 7.59. The Morgan fingerprint density at radius 1 is 0.861 bits per heavy atom. The highest BCUT2D eigenvalue weighted by atomic mass is 16.4. The van der Waals surface area contributed by atoms with Gasteiger partial charge in [0.15, 0.2) is 0 Å². The lowest BCUT2D eigenvalue weighted by Gasteiger charge is -2.71. The first-order valence-electron chi connectivity index (χ1n) is 14.1. The Labute approximate surface area is 215 Å². The van der Waals surface area contributed by atoms with E-state index in [9.17, 15) is 30.0 Å². The van der Waals surface area contributed by atoms with Crippen LogP contribution in [0.1, 0.15) is 99.3 Å². The number of aliphatic hydroxyl groups is 2. The van der Waals surface area contributed by atoms with E-state index in [-0.39, 0.29) is 34.0 Å². The summed E-state index contributed by atoms with van der Waals surface area (Å²) in [5.41, 5.74) is -2.66. The Hall–Kier alpha value is -1.40. The molecular formula is C30H46O6. The normalized spacial score (nSPS) is 56.3. The molecule has 0 bridgehead atoms. The summed E-state index contributed by atoms with van der Waals surface area (Å²) in [5.74, 6) is -1.93. The van der Waals surface area contributed by atoms with E-state index in [0.29, 0.717) is 19.3 Å². The first-order valence-corrected chi connectivity index (χ1v) is 14.1. The second-order valence-electron chi connectivity index (χ2n) is 14.5. The lowest BCUT2D eigenvalue weighted by Crippen LogP contribution is -2.68. The van der Waals surface area contributed by atoms with Crippen LogP contribution >= 0.6 is 0 Å². The van der Waals surface area contributed by atoms with E-state index in [1.54, 1.807) is 6.92 Å². The molecule has 6 heteroatoms. The summed E-state index contributed by atoms with van der Waals surface area (Å²) < 4.78 is 0. The molecule has 5 rings (SSSR count). The van der Waals surface area contributed by atoms with Crippen LogP contribution in [0.3, 0.4) is 0 Å². The molecule has 0 aromatic carbocycles. The summed E-state index contributed by atoms with van der Waals surface area (Å²) in [4.78, 5) is 25.4. The van der Waals surface area contributed by atoms with Gasteiger partial charge in [-0.2, -0.15) is 0 Å². The molecule has 4 fully saturated rings. The van der Waals surface area contributed by atoms with Crippen LogP contribution in [0.4, 0.5) is 0 Å². The molecule has 0 heterocycles. The highest BCUT2D eigenvalue weighted by molar-refractivity contribution is 5.77. The van der Waals surface area contributed by atoms with Gasteiger partial charge in [-0.25, -0.2) is 0 Å². The summed E-state index contributed by atoms with van der Waals surface area (Å²) in [5, 5.41) is 43.5. The number of hydrogen-bond donors (Lipinski definition) is 4. The molecule has 0 aromatic rings. The van der Waals surface area contributed by atoms with Crippen LogP contribution in [-0.2, 0) is 9.59 Å². The van der Waals surface area contributed by atoms with Crippen molar-refractivity contribution in [3.8, 4) is 0 Å². The number of allylic oxidation sites excluding steroid dienone is 1. The highest BCUT2D eigenvalue weighted by Crippen LogP contribution is 2.76. The molecule has 0 radical (unpaired) electrons. The number of carboxylic acids is 2. The summed E-state index contributed by atoms with van der Waals surface area (Å²) in [6, 6.07) is 0. The van der Waals surface area contributed by atoms with Crippen molar-refractivity contribution in [2.75, 3.05) is 0 Å². The number of rotatable bonds is 2. The molecule has 0 unspecified atom stereocenters. The first-order chi connectivity index (χ1) is 16.5. The summed E-state index contributed by atoms with van der Waals surface area (Å²) >= 11 is 0. The van der Waals surface area contributed by atoms with Crippen LogP contribution in [0.2, 0.25) is 0 Å². The van der Waals surface area contributed by atoms with Crippen molar-refractivity contribution in [3.63, 3.8) is 0 Å². The maximum atomic E-state index is 12.8. The lowest BCUT2D eigenvalue weighted by molar-refractivity contribution is -0.224. The Kier molecular flexibility index (Phi) is 5.53. The molecule has 0 saturated heterocycles. The smallest absolute Gasteiger partial charge is 0.312 e. The third kappa shape index (κ3) is 2.81. The highest BCUT2D eigenvalue weighted by Gasteiger charge is 2.72. The molecule has 0 aliphatic heterocycles. The van der Waals surface area contributed by atoms with Gasteiger partial charge in [-0.15, -0.1) is 0 Å². The van der Waals surface area contributed by atoms with Crippen molar-refractivity contribution in [2.24, 2.45) is 50.7 Å². The van der Waals surface area contributed by atoms with Gasteiger partial charge in [0, 0.05) is 5.92 Å². The number of aliphatic carboxylic acids is 2. The molecule has 5 aliphatic rings. The molecule has 5 aliphatic carbocycles. The van der Waals surface area contributed by atoms with Crippen molar-refractivity contribution in [1.29, 1.82) is 0 Å². The van der Waals surface area contributed by atoms with E-state index in [2.05, 4.69) is 33.8 Å². The fourth-order valence-electron chi connectivity index (χ4n) is 10.8. The first kappa shape index (κ1) is 26.2. The number of carbonyl (C=O) groups is 2. The van der Waals surface area contributed by atoms with Gasteiger partial charge in [0.25, 0.3) is 0 Å². The molecular weight excluding hydrogens is 456 g/mol. The quantitative estimate of drug-likeness (QED) is 0.383. The maximum Gasteiger partial charge on any atom is 0.312 e. The van der Waals surface area contributed by atoms with Gasteiger partial charge in [0.1, 0.15) is 0 Å². The molecule has 0 amide bonds. The van der Waals surface area contributed by atoms with Crippen molar-refractivity contribution >= 4 is 11.9 Å². The van der Waals surface area contributed by atoms with Gasteiger partial charge in [0.2, 0.25) is 0 Å². The SMILES string of the molecule is C[C@@H]1CC[C@]2(C(=O)O)CC[C@]3(C)C(=CC[C@H]4[C@@]5(C)CC[C@H](O)[C@@](C)(C(=O)O)[C@@H]5CC[C@@]43C)[C@@H]2[C@@]1(C)O. The van der Waals surface area contributed by atoms with Crippen molar-refractivity contribution in [2.45, 2.75) is 111 Å². The lowest BCUT2D eigenvalue weighted by atomic mass is 9.33. The Balaban J connectivity index is 1.64. The molecule has 11 atom stereocenters. The summed E-state index contributed by atoms with van der Waals surface area (Å²) in [6.07, 6.45) is 7.77. The minimum absolute atomic E-state index is 0.0214. The van der Waals surface area contributed by atoms with E-state index in [1.807, 2.05) is 6.92 Å². The zero-order valence-electron chi connectivity index (χ0n) is 22.9. The van der Waals surface area contributed by atoms with Crippen LogP contribution in [0.15, 0.2) is 11.6 Å². The predicted octanol–water partition coefficient (Wildman–Crippen LogP) is 5.27. The third-order valence-corrected chi connectivity index (χ3v) is 13.6. The van der Waals surface area contributed by atoms with Gasteiger partial charge >= 0.3 is 11.9 Å². The third-order valence-electron chi connectivity index (χ3n) is 13.6. The van der Waals surface area contributed by atoms with Crippen LogP contribution in [0, 0.1) is 50.7 Å². The molecule has 4 N–H and O–H groups in total. The Morgan fingerprint density at radius 2 is 1.53 bits per heavy atom. The van der Waals surface area contributed by atoms with E-state index in [0.717, 1.165) is 44.1 Å². The van der Waals surface area contributed by atoms with Crippen LogP contribution in [0.25, 0.3) is 0 Å². The Bertz CT molecular complexity index is 1020. The molecule has 0 spiro atoms. The van der Waals surface area contributed by atoms with Crippen molar-refractivity contribution in [1.82, 2.24) is 0 Å². The number of fused-ring (bicyclic) bond motifs is 7. The van der Waals surface area contributed by atoms with Gasteiger partial charge in [0.05, 0.1) is 22.5 Å². The fourth-order valence-corrected chi connectivity index (χ4v) is 10.8. The second-order valence-corrected chi connectivity index (χ2v) is 14.5. The largest absolute Gasteiger partial charge is 0.481 e.